The molecule has 0 atom stereocenters. The molecular formula is C28H24F3N3O4S. The fourth-order valence-corrected chi connectivity index (χ4v) is 5.49. The van der Waals surface area contributed by atoms with Crippen molar-refractivity contribution in [2.24, 2.45) is 0 Å². The van der Waals surface area contributed by atoms with Gasteiger partial charge >= 0.3 is 12.1 Å². The molecular weight excluding hydrogens is 531 g/mol. The Morgan fingerprint density at radius 3 is 2.56 bits per heavy atom. The Kier molecular flexibility index (Phi) is 7.13. The molecule has 1 aromatic carbocycles. The molecule has 39 heavy (non-hydrogen) atoms. The van der Waals surface area contributed by atoms with Crippen LogP contribution in [0.5, 0.6) is 0 Å². The maximum atomic E-state index is 13.3. The van der Waals surface area contributed by atoms with E-state index in [2.05, 4.69) is 9.97 Å². The Bertz CT molecular complexity index is 1570. The highest BCUT2D eigenvalue weighted by atomic mass is 32.1. The van der Waals surface area contributed by atoms with E-state index in [0.29, 0.717) is 41.7 Å². The van der Waals surface area contributed by atoms with Crippen LogP contribution in [-0.2, 0) is 28.9 Å². The summed E-state index contributed by atoms with van der Waals surface area (Å²) in [6, 6.07) is 7.99. The molecule has 1 aliphatic rings. The van der Waals surface area contributed by atoms with Crippen molar-refractivity contribution in [3.05, 3.63) is 87.1 Å². The van der Waals surface area contributed by atoms with E-state index in [9.17, 15) is 27.9 Å². The summed E-state index contributed by atoms with van der Waals surface area (Å²) >= 11 is 1.50. The molecule has 1 fully saturated rings. The summed E-state index contributed by atoms with van der Waals surface area (Å²) < 4.78 is 46.5. The third-order valence-corrected chi connectivity index (χ3v) is 8.00. The molecule has 5 rings (SSSR count). The van der Waals surface area contributed by atoms with Crippen LogP contribution in [0.4, 0.5) is 13.2 Å². The number of aromatic nitrogens is 3. The van der Waals surface area contributed by atoms with E-state index < -0.39 is 29.1 Å². The summed E-state index contributed by atoms with van der Waals surface area (Å²) in [4.78, 5) is 35.1. The topological polar surface area (TPSA) is 94.3 Å². The third-order valence-electron chi connectivity index (χ3n) is 6.98. The molecule has 3 heterocycles. The van der Waals surface area contributed by atoms with Gasteiger partial charge in [0.25, 0.3) is 0 Å². The van der Waals surface area contributed by atoms with Crippen LogP contribution in [0.2, 0.25) is 0 Å². The van der Waals surface area contributed by atoms with Crippen molar-refractivity contribution >= 4 is 40.2 Å². The normalized spacial score (nSPS) is 15.1. The van der Waals surface area contributed by atoms with Crippen LogP contribution in [0.3, 0.4) is 0 Å². The molecule has 1 aliphatic carbocycles. The number of hydrogen-bond acceptors (Lipinski definition) is 6. The molecule has 1 N–H and O–H groups in total. The van der Waals surface area contributed by atoms with Crippen LogP contribution in [0.15, 0.2) is 55.0 Å². The lowest BCUT2D eigenvalue weighted by molar-refractivity contribution is -0.181. The average Bonchev–Trinajstić information content (AvgIpc) is 3.44. The number of alkyl halides is 3. The van der Waals surface area contributed by atoms with Crippen LogP contribution in [0, 0.1) is 6.92 Å². The smallest absolute Gasteiger partial charge is 0.416 e. The van der Waals surface area contributed by atoms with Crippen LogP contribution in [0.1, 0.15) is 56.2 Å². The number of ether oxygens (including phenoxy) is 1. The summed E-state index contributed by atoms with van der Waals surface area (Å²) in [5.41, 5.74) is -0.229. The van der Waals surface area contributed by atoms with Gasteiger partial charge in [-0.25, -0.2) is 14.8 Å². The van der Waals surface area contributed by atoms with Gasteiger partial charge in [-0.2, -0.15) is 13.2 Å². The van der Waals surface area contributed by atoms with Crippen molar-refractivity contribution in [2.45, 2.75) is 51.1 Å². The first kappa shape index (κ1) is 26.8. The highest BCUT2D eigenvalue weighted by Gasteiger charge is 2.45. The number of fused-ring (bicyclic) bond motifs is 1. The van der Waals surface area contributed by atoms with Gasteiger partial charge in [-0.05, 0) is 56.5 Å². The number of halogens is 3. The SMILES string of the molecule is Cc1c(C(=O)c2ccc(C(F)(F)F)cc2)c2cncnc2n1C/C=C/c1ccc(COC2(C(=O)O)CCC2)s1. The van der Waals surface area contributed by atoms with Crippen molar-refractivity contribution < 1.29 is 32.6 Å². The minimum atomic E-state index is -4.48. The number of aliphatic carboxylic acids is 1. The van der Waals surface area contributed by atoms with E-state index in [1.165, 1.54) is 36.0 Å². The number of nitrogens with zero attached hydrogens (tertiary/aromatic N) is 3. The van der Waals surface area contributed by atoms with Gasteiger partial charge in [-0.3, -0.25) is 4.79 Å². The van der Waals surface area contributed by atoms with E-state index in [-0.39, 0.29) is 12.2 Å². The zero-order chi connectivity index (χ0) is 27.8. The maximum Gasteiger partial charge on any atom is 0.416 e. The minimum Gasteiger partial charge on any atom is -0.479 e. The largest absolute Gasteiger partial charge is 0.479 e. The lowest BCUT2D eigenvalue weighted by Gasteiger charge is -2.37. The molecule has 0 spiro atoms. The number of rotatable bonds is 9. The van der Waals surface area contributed by atoms with Gasteiger partial charge in [0.2, 0.25) is 0 Å². The standard InChI is InChI=1S/C28H24F3N3O4S/c1-17-23(24(35)18-5-7-19(8-6-18)28(29,30)31)22-14-32-16-33-25(22)34(17)13-2-4-20-9-10-21(39-20)15-38-27(26(36)37)11-3-12-27/h2,4-10,14,16H,3,11-13,15H2,1H3,(H,36,37)/b4-2+. The molecule has 0 saturated heterocycles. The summed E-state index contributed by atoms with van der Waals surface area (Å²) in [7, 11) is 0. The van der Waals surface area contributed by atoms with Crippen molar-refractivity contribution in [3.8, 4) is 0 Å². The van der Waals surface area contributed by atoms with Crippen molar-refractivity contribution in [1.29, 1.82) is 0 Å². The zero-order valence-corrected chi connectivity index (χ0v) is 21.7. The number of carboxylic acid groups (broad SMARTS) is 1. The van der Waals surface area contributed by atoms with Crippen LogP contribution in [0.25, 0.3) is 17.1 Å². The Labute approximate surface area is 225 Å². The first-order valence-electron chi connectivity index (χ1n) is 12.2. The van der Waals surface area contributed by atoms with Gasteiger partial charge < -0.3 is 14.4 Å². The number of ketones is 1. The highest BCUT2D eigenvalue weighted by molar-refractivity contribution is 7.12. The van der Waals surface area contributed by atoms with Gasteiger partial charge in [-0.1, -0.05) is 18.2 Å². The first-order valence-corrected chi connectivity index (χ1v) is 13.0. The second kappa shape index (κ2) is 10.4. The van der Waals surface area contributed by atoms with E-state index in [1.807, 2.05) is 28.9 Å². The predicted octanol–water partition coefficient (Wildman–Crippen LogP) is 6.29. The molecule has 0 unspecified atom stereocenters. The molecule has 11 heteroatoms. The molecule has 0 radical (unpaired) electrons. The van der Waals surface area contributed by atoms with Crippen LogP contribution in [-0.4, -0.2) is 37.0 Å². The van der Waals surface area contributed by atoms with Gasteiger partial charge in [-0.15, -0.1) is 11.3 Å². The van der Waals surface area contributed by atoms with Crippen LogP contribution >= 0.6 is 11.3 Å². The fourth-order valence-electron chi connectivity index (χ4n) is 4.63. The Morgan fingerprint density at radius 1 is 1.18 bits per heavy atom. The monoisotopic (exact) mass is 555 g/mol. The molecule has 0 amide bonds. The van der Waals surface area contributed by atoms with Crippen LogP contribution < -0.4 is 0 Å². The predicted molar refractivity (Wildman–Crippen MR) is 140 cm³/mol. The van der Waals surface area contributed by atoms with Gasteiger partial charge in [0.1, 0.15) is 12.0 Å². The number of carbonyl (C=O) groups excluding carboxylic acids is 1. The third kappa shape index (κ3) is 5.24. The highest BCUT2D eigenvalue weighted by Crippen LogP contribution is 2.37. The Balaban J connectivity index is 1.33. The molecule has 0 aliphatic heterocycles. The van der Waals surface area contributed by atoms with Gasteiger partial charge in [0, 0.05) is 39.1 Å². The number of carboxylic acids is 1. The summed E-state index contributed by atoms with van der Waals surface area (Å²) in [6.07, 6.45) is 4.17. The summed E-state index contributed by atoms with van der Waals surface area (Å²) in [5, 5.41) is 9.94. The summed E-state index contributed by atoms with van der Waals surface area (Å²) in [5.74, 6) is -1.32. The fraction of sp³-hybridized carbons (Fsp3) is 0.286. The second-order valence-electron chi connectivity index (χ2n) is 9.38. The lowest BCUT2D eigenvalue weighted by atomic mass is 9.80. The molecule has 202 valence electrons. The van der Waals surface area contributed by atoms with Crippen molar-refractivity contribution in [2.75, 3.05) is 0 Å². The second-order valence-corrected chi connectivity index (χ2v) is 10.6. The average molecular weight is 556 g/mol. The van der Waals surface area contributed by atoms with Gasteiger partial charge in [0.15, 0.2) is 11.4 Å². The molecule has 0 bridgehead atoms. The Morgan fingerprint density at radius 2 is 1.92 bits per heavy atom. The van der Waals surface area contributed by atoms with E-state index in [0.717, 1.165) is 28.3 Å². The van der Waals surface area contributed by atoms with Crippen molar-refractivity contribution in [3.63, 3.8) is 0 Å². The maximum absolute atomic E-state index is 13.3. The molecule has 4 aromatic rings. The number of carbonyl (C=O) groups is 2. The van der Waals surface area contributed by atoms with E-state index >= 15 is 0 Å². The first-order chi connectivity index (χ1) is 18.6. The quantitative estimate of drug-likeness (QED) is 0.244. The van der Waals surface area contributed by atoms with Crippen molar-refractivity contribution in [1.82, 2.24) is 14.5 Å². The molecule has 3 aromatic heterocycles. The minimum absolute atomic E-state index is 0.143. The van der Waals surface area contributed by atoms with Gasteiger partial charge in [0.05, 0.1) is 17.7 Å². The number of allylic oxidation sites excluding steroid dienone is 1. The number of thiophene rings is 1. The van der Waals surface area contributed by atoms with E-state index in [4.69, 9.17) is 4.74 Å². The number of hydrogen-bond donors (Lipinski definition) is 1. The molecule has 7 nitrogen and oxygen atoms in total. The van der Waals surface area contributed by atoms with E-state index in [1.54, 1.807) is 6.92 Å². The molecule has 1 saturated carbocycles. The summed E-state index contributed by atoms with van der Waals surface area (Å²) in [6.45, 7) is 2.40. The lowest BCUT2D eigenvalue weighted by Crippen LogP contribution is -2.47. The Hall–Kier alpha value is -3.83. The number of benzene rings is 1. The zero-order valence-electron chi connectivity index (χ0n) is 20.9.